The summed E-state index contributed by atoms with van der Waals surface area (Å²) in [6.07, 6.45) is 0.938. The molecule has 1 rings (SSSR count). The number of nitrogens with one attached hydrogen (secondary N) is 1. The normalized spacial score (nSPS) is 11.9. The number of anilines is 1. The van der Waals surface area contributed by atoms with Gasteiger partial charge in [-0.2, -0.15) is 11.8 Å². The maximum absolute atomic E-state index is 11.7. The van der Waals surface area contributed by atoms with E-state index in [9.17, 15) is 4.79 Å². The molecule has 0 aliphatic carbocycles. The van der Waals surface area contributed by atoms with Gasteiger partial charge in [0.25, 0.3) is 0 Å². The van der Waals surface area contributed by atoms with Crippen LogP contribution >= 0.6 is 11.8 Å². The van der Waals surface area contributed by atoms with Gasteiger partial charge >= 0.3 is 0 Å². The van der Waals surface area contributed by atoms with Gasteiger partial charge in [-0.1, -0.05) is 6.92 Å². The number of nitrogens with two attached hydrogens (primary N) is 1. The van der Waals surface area contributed by atoms with Crippen LogP contribution in [0, 0.1) is 0 Å². The summed E-state index contributed by atoms with van der Waals surface area (Å²) in [6.45, 7) is 4.62. The Balaban J connectivity index is 2.31. The molecule has 0 heterocycles. The maximum Gasteiger partial charge on any atom is 0.234 e. The Morgan fingerprint density at radius 2 is 2.05 bits per heavy atom. The highest BCUT2D eigenvalue weighted by Gasteiger charge is 2.05. The summed E-state index contributed by atoms with van der Waals surface area (Å²) in [5.74, 6) is 2.05. The first-order chi connectivity index (χ1) is 9.15. The van der Waals surface area contributed by atoms with Gasteiger partial charge in [-0.05, 0) is 37.6 Å². The summed E-state index contributed by atoms with van der Waals surface area (Å²) in [7, 11) is 0. The number of hydrogen-bond donors (Lipinski definition) is 2. The molecule has 1 atom stereocenters. The first-order valence-electron chi connectivity index (χ1n) is 6.51. The molecule has 0 fully saturated rings. The second kappa shape index (κ2) is 8.82. The standard InChI is InChI=1S/C14H22N2O2S/c1-3-11(15)9-19-10-14(17)16-12-5-7-13(8-6-12)18-4-2/h5-8,11H,3-4,9-10,15H2,1-2H3,(H,16,17). The first kappa shape index (κ1) is 15.9. The van der Waals surface area contributed by atoms with E-state index >= 15 is 0 Å². The van der Waals surface area contributed by atoms with E-state index in [0.717, 1.165) is 23.6 Å². The fraction of sp³-hybridized carbons (Fsp3) is 0.500. The van der Waals surface area contributed by atoms with E-state index in [4.69, 9.17) is 10.5 Å². The average molecular weight is 282 g/mol. The molecule has 1 aromatic rings. The molecule has 0 saturated carbocycles. The Labute approximate surface area is 119 Å². The smallest absolute Gasteiger partial charge is 0.234 e. The summed E-state index contributed by atoms with van der Waals surface area (Å²) in [5.41, 5.74) is 6.58. The Bertz CT molecular complexity index is 382. The number of carbonyl (C=O) groups is 1. The van der Waals surface area contributed by atoms with E-state index in [1.165, 1.54) is 0 Å². The molecule has 19 heavy (non-hydrogen) atoms. The van der Waals surface area contributed by atoms with Crippen molar-refractivity contribution in [3.05, 3.63) is 24.3 Å². The third kappa shape index (κ3) is 6.50. The zero-order chi connectivity index (χ0) is 14.1. The van der Waals surface area contributed by atoms with Crippen LogP contribution in [0.3, 0.4) is 0 Å². The SMILES string of the molecule is CCOc1ccc(NC(=O)CSCC(N)CC)cc1. The zero-order valence-corrected chi connectivity index (χ0v) is 12.3. The lowest BCUT2D eigenvalue weighted by atomic mass is 10.3. The minimum absolute atomic E-state index is 0.00235. The second-order valence-corrected chi connectivity index (χ2v) is 5.22. The lowest BCUT2D eigenvalue weighted by Crippen LogP contribution is -2.23. The Hall–Kier alpha value is -1.20. The van der Waals surface area contributed by atoms with Gasteiger partial charge in [0.05, 0.1) is 12.4 Å². The zero-order valence-electron chi connectivity index (χ0n) is 11.5. The minimum Gasteiger partial charge on any atom is -0.494 e. The van der Waals surface area contributed by atoms with Gasteiger partial charge in [-0.3, -0.25) is 4.79 Å². The van der Waals surface area contributed by atoms with E-state index in [1.807, 2.05) is 38.1 Å². The van der Waals surface area contributed by atoms with Crippen LogP contribution in [0.5, 0.6) is 5.75 Å². The number of rotatable bonds is 8. The maximum atomic E-state index is 11.7. The number of ether oxygens (including phenoxy) is 1. The van der Waals surface area contributed by atoms with Gasteiger partial charge in [-0.25, -0.2) is 0 Å². The highest BCUT2D eigenvalue weighted by molar-refractivity contribution is 8.00. The molecule has 5 heteroatoms. The molecule has 1 aromatic carbocycles. The summed E-state index contributed by atoms with van der Waals surface area (Å²) < 4.78 is 5.34. The van der Waals surface area contributed by atoms with Crippen molar-refractivity contribution in [2.45, 2.75) is 26.3 Å². The van der Waals surface area contributed by atoms with E-state index < -0.39 is 0 Å². The van der Waals surface area contributed by atoms with Gasteiger partial charge in [0.15, 0.2) is 0 Å². The van der Waals surface area contributed by atoms with E-state index in [-0.39, 0.29) is 11.9 Å². The molecule has 1 unspecified atom stereocenters. The molecule has 0 aliphatic heterocycles. The summed E-state index contributed by atoms with van der Waals surface area (Å²) in [5, 5.41) is 2.85. The molecule has 0 spiro atoms. The van der Waals surface area contributed by atoms with Gasteiger partial charge in [0.2, 0.25) is 5.91 Å². The number of carbonyl (C=O) groups excluding carboxylic acids is 1. The van der Waals surface area contributed by atoms with Crippen molar-refractivity contribution in [1.82, 2.24) is 0 Å². The molecule has 106 valence electrons. The second-order valence-electron chi connectivity index (χ2n) is 4.19. The monoisotopic (exact) mass is 282 g/mol. The van der Waals surface area contributed by atoms with Crippen molar-refractivity contribution in [2.75, 3.05) is 23.4 Å². The molecule has 1 amide bonds. The van der Waals surface area contributed by atoms with Crippen molar-refractivity contribution >= 4 is 23.4 Å². The lowest BCUT2D eigenvalue weighted by molar-refractivity contribution is -0.113. The molecule has 0 aromatic heterocycles. The Morgan fingerprint density at radius 3 is 2.63 bits per heavy atom. The topological polar surface area (TPSA) is 64.3 Å². The van der Waals surface area contributed by atoms with Crippen LogP contribution in [0.25, 0.3) is 0 Å². The Kier molecular flexibility index (Phi) is 7.36. The fourth-order valence-corrected chi connectivity index (χ4v) is 2.33. The number of amides is 1. The van der Waals surface area contributed by atoms with Gasteiger partial charge in [0.1, 0.15) is 5.75 Å². The number of benzene rings is 1. The van der Waals surface area contributed by atoms with Crippen LogP contribution < -0.4 is 15.8 Å². The summed E-state index contributed by atoms with van der Waals surface area (Å²) in [6, 6.07) is 7.54. The van der Waals surface area contributed by atoms with Crippen LogP contribution in [0.4, 0.5) is 5.69 Å². The van der Waals surface area contributed by atoms with Gasteiger partial charge < -0.3 is 15.8 Å². The quantitative estimate of drug-likeness (QED) is 0.769. The average Bonchev–Trinajstić information content (AvgIpc) is 2.41. The van der Waals surface area contributed by atoms with E-state index in [1.54, 1.807) is 11.8 Å². The van der Waals surface area contributed by atoms with Crippen LogP contribution in [0.1, 0.15) is 20.3 Å². The van der Waals surface area contributed by atoms with Gasteiger partial charge in [-0.15, -0.1) is 0 Å². The predicted octanol–water partition coefficient (Wildman–Crippen LogP) is 2.49. The van der Waals surface area contributed by atoms with E-state index in [2.05, 4.69) is 5.32 Å². The van der Waals surface area contributed by atoms with Crippen LogP contribution in [0.2, 0.25) is 0 Å². The molecular formula is C14H22N2O2S. The molecule has 0 radical (unpaired) electrons. The molecule has 3 N–H and O–H groups in total. The van der Waals surface area contributed by atoms with Crippen LogP contribution in [0.15, 0.2) is 24.3 Å². The molecule has 4 nitrogen and oxygen atoms in total. The first-order valence-corrected chi connectivity index (χ1v) is 7.67. The molecule has 0 aliphatic rings. The summed E-state index contributed by atoms with van der Waals surface area (Å²) >= 11 is 1.56. The highest BCUT2D eigenvalue weighted by Crippen LogP contribution is 2.16. The highest BCUT2D eigenvalue weighted by atomic mass is 32.2. The molecular weight excluding hydrogens is 260 g/mol. The van der Waals surface area contributed by atoms with Crippen molar-refractivity contribution in [2.24, 2.45) is 5.73 Å². The van der Waals surface area contributed by atoms with Crippen LogP contribution in [-0.4, -0.2) is 30.1 Å². The van der Waals surface area contributed by atoms with Crippen molar-refractivity contribution in [3.8, 4) is 5.75 Å². The van der Waals surface area contributed by atoms with Gasteiger partial charge in [0, 0.05) is 17.5 Å². The predicted molar refractivity (Wildman–Crippen MR) is 81.8 cm³/mol. The minimum atomic E-state index is -0.00235. The third-order valence-corrected chi connectivity index (χ3v) is 3.67. The van der Waals surface area contributed by atoms with Crippen molar-refractivity contribution < 1.29 is 9.53 Å². The van der Waals surface area contributed by atoms with Crippen LogP contribution in [-0.2, 0) is 4.79 Å². The Morgan fingerprint density at radius 1 is 1.37 bits per heavy atom. The van der Waals surface area contributed by atoms with E-state index in [0.29, 0.717) is 12.4 Å². The third-order valence-electron chi connectivity index (χ3n) is 2.54. The molecule has 0 bridgehead atoms. The largest absolute Gasteiger partial charge is 0.494 e. The van der Waals surface area contributed by atoms with Crippen molar-refractivity contribution in [3.63, 3.8) is 0 Å². The lowest BCUT2D eigenvalue weighted by Gasteiger charge is -2.09. The van der Waals surface area contributed by atoms with Crippen molar-refractivity contribution in [1.29, 1.82) is 0 Å². The molecule has 0 saturated heterocycles. The summed E-state index contributed by atoms with van der Waals surface area (Å²) in [4.78, 5) is 11.7. The number of hydrogen-bond acceptors (Lipinski definition) is 4. The number of thioether (sulfide) groups is 1. The fourth-order valence-electron chi connectivity index (χ4n) is 1.42.